The molecule has 0 aliphatic carbocycles. The highest BCUT2D eigenvalue weighted by Gasteiger charge is 2.29. The van der Waals surface area contributed by atoms with Crippen molar-refractivity contribution >= 4 is 11.9 Å². The minimum absolute atomic E-state index is 0.251. The normalized spacial score (nSPS) is 12.0. The van der Waals surface area contributed by atoms with Crippen molar-refractivity contribution in [2.75, 3.05) is 27.4 Å². The van der Waals surface area contributed by atoms with Crippen LogP contribution in [0.4, 0.5) is 0 Å². The van der Waals surface area contributed by atoms with Crippen molar-refractivity contribution in [1.29, 1.82) is 0 Å². The lowest BCUT2D eigenvalue weighted by Gasteiger charge is -2.25. The fourth-order valence-electron chi connectivity index (χ4n) is 3.27. The number of aliphatic carboxylic acids is 1. The van der Waals surface area contributed by atoms with Crippen LogP contribution in [0.5, 0.6) is 17.2 Å². The molecule has 33 heavy (non-hydrogen) atoms. The molecule has 0 heterocycles. The Hall–Kier alpha value is -3.26. The number of rotatable bonds is 13. The Bertz CT molecular complexity index is 925. The molecule has 2 aromatic rings. The molecule has 1 amide bonds. The second-order valence-electron chi connectivity index (χ2n) is 7.93. The highest BCUT2D eigenvalue weighted by atomic mass is 16.5. The van der Waals surface area contributed by atoms with Crippen molar-refractivity contribution in [2.24, 2.45) is 0 Å². The van der Waals surface area contributed by atoms with Crippen molar-refractivity contribution < 1.29 is 33.6 Å². The highest BCUT2D eigenvalue weighted by molar-refractivity contribution is 5.84. The van der Waals surface area contributed by atoms with E-state index in [1.165, 1.54) is 0 Å². The molecule has 2 aromatic carbocycles. The molecule has 1 atom stereocenters. The summed E-state index contributed by atoms with van der Waals surface area (Å²) < 4.78 is 21.8. The molecule has 2 rings (SSSR count). The van der Waals surface area contributed by atoms with Crippen molar-refractivity contribution in [3.8, 4) is 17.2 Å². The summed E-state index contributed by atoms with van der Waals surface area (Å²) in [5.74, 6) is 0.712. The van der Waals surface area contributed by atoms with Gasteiger partial charge in [-0.1, -0.05) is 12.1 Å². The molecule has 0 saturated heterocycles. The predicted molar refractivity (Wildman–Crippen MR) is 124 cm³/mol. The SMILES string of the molecule is CCO[C@@H](Cc1ccc(OC(C)(C)C(=O)NCCc2cc(OC)ccc2OC)cc1)C(=O)O. The van der Waals surface area contributed by atoms with Crippen LogP contribution in [-0.4, -0.2) is 56.1 Å². The molecule has 0 aliphatic heterocycles. The van der Waals surface area contributed by atoms with Crippen molar-refractivity contribution in [3.05, 3.63) is 53.6 Å². The third kappa shape index (κ3) is 7.68. The fourth-order valence-corrected chi connectivity index (χ4v) is 3.27. The van der Waals surface area contributed by atoms with E-state index in [4.69, 9.17) is 18.9 Å². The molecule has 0 spiro atoms. The molecule has 2 N–H and O–H groups in total. The lowest BCUT2D eigenvalue weighted by atomic mass is 10.1. The number of hydrogen-bond donors (Lipinski definition) is 2. The van der Waals surface area contributed by atoms with Crippen LogP contribution in [0.25, 0.3) is 0 Å². The van der Waals surface area contributed by atoms with Crippen LogP contribution in [0, 0.1) is 0 Å². The van der Waals surface area contributed by atoms with E-state index >= 15 is 0 Å². The topological polar surface area (TPSA) is 103 Å². The molecule has 0 unspecified atom stereocenters. The molecule has 0 aromatic heterocycles. The number of carboxylic acid groups (broad SMARTS) is 1. The molecule has 180 valence electrons. The van der Waals surface area contributed by atoms with E-state index < -0.39 is 17.7 Å². The second kappa shape index (κ2) is 12.1. The predicted octanol–water partition coefficient (Wildman–Crippen LogP) is 3.25. The van der Waals surface area contributed by atoms with E-state index in [0.717, 1.165) is 22.6 Å². The van der Waals surface area contributed by atoms with Crippen LogP contribution in [0.3, 0.4) is 0 Å². The number of hydrogen-bond acceptors (Lipinski definition) is 6. The summed E-state index contributed by atoms with van der Waals surface area (Å²) in [6.45, 7) is 5.87. The zero-order chi connectivity index (χ0) is 24.4. The molecule has 0 aliphatic rings. The van der Waals surface area contributed by atoms with Gasteiger partial charge in [0.15, 0.2) is 11.7 Å². The largest absolute Gasteiger partial charge is 0.497 e. The molecule has 0 fully saturated rings. The molecular weight excluding hydrogens is 426 g/mol. The Morgan fingerprint density at radius 2 is 1.70 bits per heavy atom. The quantitative estimate of drug-likeness (QED) is 0.474. The maximum atomic E-state index is 12.7. The molecular formula is C25H33NO7. The van der Waals surface area contributed by atoms with Gasteiger partial charge in [-0.3, -0.25) is 4.79 Å². The third-order valence-corrected chi connectivity index (χ3v) is 5.08. The van der Waals surface area contributed by atoms with Gasteiger partial charge in [-0.2, -0.15) is 0 Å². The van der Waals surface area contributed by atoms with Crippen LogP contribution in [0.1, 0.15) is 31.9 Å². The Morgan fingerprint density at radius 3 is 2.27 bits per heavy atom. The van der Waals surface area contributed by atoms with Gasteiger partial charge < -0.3 is 29.4 Å². The first-order valence-corrected chi connectivity index (χ1v) is 10.8. The van der Waals surface area contributed by atoms with Crippen LogP contribution < -0.4 is 19.5 Å². The first kappa shape index (κ1) is 26.0. The smallest absolute Gasteiger partial charge is 0.333 e. The number of methoxy groups -OCH3 is 2. The van der Waals surface area contributed by atoms with E-state index in [9.17, 15) is 14.7 Å². The average Bonchev–Trinajstić information content (AvgIpc) is 2.79. The Morgan fingerprint density at radius 1 is 1.03 bits per heavy atom. The van der Waals surface area contributed by atoms with Gasteiger partial charge in [0.05, 0.1) is 14.2 Å². The van der Waals surface area contributed by atoms with Gasteiger partial charge in [-0.05, 0) is 68.7 Å². The molecule has 0 radical (unpaired) electrons. The van der Waals surface area contributed by atoms with E-state index in [2.05, 4.69) is 5.32 Å². The van der Waals surface area contributed by atoms with Crippen molar-refractivity contribution in [2.45, 2.75) is 45.3 Å². The first-order chi connectivity index (χ1) is 15.7. The van der Waals surface area contributed by atoms with Gasteiger partial charge in [0.1, 0.15) is 17.2 Å². The first-order valence-electron chi connectivity index (χ1n) is 10.8. The molecule has 0 bridgehead atoms. The van der Waals surface area contributed by atoms with Gasteiger partial charge in [0, 0.05) is 19.6 Å². The number of carboxylic acids is 1. The van der Waals surface area contributed by atoms with Crippen LogP contribution in [0.2, 0.25) is 0 Å². The summed E-state index contributed by atoms with van der Waals surface area (Å²) in [7, 11) is 3.20. The zero-order valence-electron chi connectivity index (χ0n) is 19.8. The Balaban J connectivity index is 1.93. The van der Waals surface area contributed by atoms with Crippen LogP contribution in [-0.2, 0) is 27.2 Å². The number of amides is 1. The lowest BCUT2D eigenvalue weighted by Crippen LogP contribution is -2.47. The van der Waals surface area contributed by atoms with Crippen LogP contribution >= 0.6 is 0 Å². The minimum Gasteiger partial charge on any atom is -0.497 e. The summed E-state index contributed by atoms with van der Waals surface area (Å²) in [5, 5.41) is 12.1. The number of carbonyl (C=O) groups excluding carboxylic acids is 1. The minimum atomic E-state index is -1.10. The van der Waals surface area contributed by atoms with Gasteiger partial charge >= 0.3 is 5.97 Å². The van der Waals surface area contributed by atoms with Gasteiger partial charge in [0.25, 0.3) is 5.91 Å². The summed E-state index contributed by atoms with van der Waals surface area (Å²) >= 11 is 0. The highest BCUT2D eigenvalue weighted by Crippen LogP contribution is 2.24. The van der Waals surface area contributed by atoms with Gasteiger partial charge in [0.2, 0.25) is 0 Å². The zero-order valence-corrected chi connectivity index (χ0v) is 19.8. The molecule has 8 nitrogen and oxygen atoms in total. The number of carbonyl (C=O) groups is 2. The summed E-state index contributed by atoms with van der Waals surface area (Å²) in [6.07, 6.45) is -0.0742. The van der Waals surface area contributed by atoms with Crippen molar-refractivity contribution in [3.63, 3.8) is 0 Å². The van der Waals surface area contributed by atoms with E-state index in [1.807, 2.05) is 18.2 Å². The fraction of sp³-hybridized carbons (Fsp3) is 0.440. The maximum Gasteiger partial charge on any atom is 0.333 e. The monoisotopic (exact) mass is 459 g/mol. The Kier molecular flexibility index (Phi) is 9.54. The third-order valence-electron chi connectivity index (χ3n) is 5.08. The summed E-state index contributed by atoms with van der Waals surface area (Å²) in [6, 6.07) is 12.5. The average molecular weight is 460 g/mol. The standard InChI is InChI=1S/C25H33NO7/c1-6-32-22(23(27)28)15-17-7-9-19(10-8-17)33-25(2,3)24(29)26-14-13-18-16-20(30-4)11-12-21(18)31-5/h7-12,16,22H,6,13-15H2,1-5H3,(H,26,29)(H,27,28)/t22-/m0/s1. The van der Waals surface area contributed by atoms with E-state index in [-0.39, 0.29) is 12.3 Å². The van der Waals surface area contributed by atoms with E-state index in [0.29, 0.717) is 25.3 Å². The van der Waals surface area contributed by atoms with Gasteiger partial charge in [-0.15, -0.1) is 0 Å². The van der Waals surface area contributed by atoms with E-state index in [1.54, 1.807) is 59.3 Å². The Labute approximate surface area is 194 Å². The number of benzene rings is 2. The summed E-state index contributed by atoms with van der Waals surface area (Å²) in [5.41, 5.74) is 0.630. The lowest BCUT2D eigenvalue weighted by molar-refractivity contribution is -0.150. The van der Waals surface area contributed by atoms with Crippen molar-refractivity contribution in [1.82, 2.24) is 5.32 Å². The summed E-state index contributed by atoms with van der Waals surface area (Å²) in [4.78, 5) is 24.0. The maximum absolute atomic E-state index is 12.7. The van der Waals surface area contributed by atoms with Gasteiger partial charge in [-0.25, -0.2) is 4.79 Å². The molecule has 8 heteroatoms. The number of ether oxygens (including phenoxy) is 4. The second-order valence-corrected chi connectivity index (χ2v) is 7.93. The van der Waals surface area contributed by atoms with Crippen LogP contribution in [0.15, 0.2) is 42.5 Å². The number of nitrogens with one attached hydrogen (secondary N) is 1. The molecule has 0 saturated carbocycles.